The minimum Gasteiger partial charge on any atom is -0.210 e. The molecule has 0 saturated heterocycles. The van der Waals surface area contributed by atoms with E-state index in [2.05, 4.69) is 4.72 Å². The summed E-state index contributed by atoms with van der Waals surface area (Å²) in [5.41, 5.74) is 1.79. The minimum absolute atomic E-state index is 0.203. The van der Waals surface area contributed by atoms with Gasteiger partial charge in [0.05, 0.1) is 4.90 Å². The van der Waals surface area contributed by atoms with Crippen molar-refractivity contribution >= 4 is 21.6 Å². The van der Waals surface area contributed by atoms with Gasteiger partial charge >= 0.3 is 0 Å². The van der Waals surface area contributed by atoms with Crippen LogP contribution < -0.4 is 4.72 Å². The van der Waals surface area contributed by atoms with Gasteiger partial charge in [-0.15, -0.1) is 11.6 Å². The van der Waals surface area contributed by atoms with Gasteiger partial charge < -0.3 is 0 Å². The number of nitrogens with one attached hydrogen (secondary N) is 1. The number of benzene rings is 1. The van der Waals surface area contributed by atoms with Crippen LogP contribution in [0, 0.1) is 19.8 Å². The maximum Gasteiger partial charge on any atom is 0.240 e. The molecule has 1 atom stereocenters. The number of alkyl halides is 1. The van der Waals surface area contributed by atoms with E-state index in [9.17, 15) is 8.42 Å². The van der Waals surface area contributed by atoms with Crippen LogP contribution in [0.3, 0.4) is 0 Å². The highest BCUT2D eigenvalue weighted by Gasteiger charge is 2.19. The molecule has 0 fully saturated rings. The molecule has 1 rings (SSSR count). The van der Waals surface area contributed by atoms with E-state index in [4.69, 9.17) is 11.6 Å². The standard InChI is InChI=1S/C13H20ClNO2S/c1-9(2)12(14)8-15-18(16,17)13-6-5-10(3)7-11(13)4/h5-7,9,12,15H,8H2,1-4H3. The summed E-state index contributed by atoms with van der Waals surface area (Å²) in [6, 6.07) is 5.28. The number of rotatable bonds is 5. The number of aryl methyl sites for hydroxylation is 2. The summed E-state index contributed by atoms with van der Waals surface area (Å²) in [6.45, 7) is 7.90. The van der Waals surface area contributed by atoms with Crippen molar-refractivity contribution in [3.63, 3.8) is 0 Å². The van der Waals surface area contributed by atoms with Crippen molar-refractivity contribution in [1.82, 2.24) is 4.72 Å². The highest BCUT2D eigenvalue weighted by molar-refractivity contribution is 7.89. The quantitative estimate of drug-likeness (QED) is 0.847. The third-order valence-electron chi connectivity index (χ3n) is 2.81. The summed E-state index contributed by atoms with van der Waals surface area (Å²) in [6.07, 6.45) is 0. The lowest BCUT2D eigenvalue weighted by Gasteiger charge is -2.15. The van der Waals surface area contributed by atoms with Gasteiger partial charge in [0.2, 0.25) is 10.0 Å². The van der Waals surface area contributed by atoms with Gasteiger partial charge in [0.15, 0.2) is 0 Å². The molecule has 3 nitrogen and oxygen atoms in total. The maximum absolute atomic E-state index is 12.1. The van der Waals surface area contributed by atoms with Crippen molar-refractivity contribution in [3.05, 3.63) is 29.3 Å². The summed E-state index contributed by atoms with van der Waals surface area (Å²) in [4.78, 5) is 0.320. The fourth-order valence-corrected chi connectivity index (χ4v) is 3.06. The second-order valence-electron chi connectivity index (χ2n) is 4.88. The molecule has 1 unspecified atom stereocenters. The third kappa shape index (κ3) is 3.97. The SMILES string of the molecule is Cc1ccc(S(=O)(=O)NCC(Cl)C(C)C)c(C)c1. The average molecular weight is 290 g/mol. The Bertz CT molecular complexity index is 512. The van der Waals surface area contributed by atoms with Gasteiger partial charge in [0.1, 0.15) is 0 Å². The first-order valence-corrected chi connectivity index (χ1v) is 7.87. The molecule has 0 aromatic heterocycles. The molecule has 102 valence electrons. The van der Waals surface area contributed by atoms with Crippen LogP contribution in [0.2, 0.25) is 0 Å². The summed E-state index contributed by atoms with van der Waals surface area (Å²) in [5, 5.41) is -0.203. The van der Waals surface area contributed by atoms with Crippen molar-refractivity contribution in [2.75, 3.05) is 6.54 Å². The van der Waals surface area contributed by atoms with Gasteiger partial charge in [-0.05, 0) is 31.4 Å². The Labute approximate surface area is 115 Å². The van der Waals surface area contributed by atoms with Crippen molar-refractivity contribution in [2.45, 2.75) is 38.0 Å². The smallest absolute Gasteiger partial charge is 0.210 e. The van der Waals surface area contributed by atoms with Gasteiger partial charge in [-0.2, -0.15) is 0 Å². The molecule has 0 saturated carbocycles. The third-order valence-corrected chi connectivity index (χ3v) is 5.05. The van der Waals surface area contributed by atoms with E-state index in [0.717, 1.165) is 11.1 Å². The molecule has 0 amide bonds. The fourth-order valence-electron chi connectivity index (χ4n) is 1.60. The van der Waals surface area contributed by atoms with Crippen LogP contribution in [0.25, 0.3) is 0 Å². The molecule has 0 radical (unpaired) electrons. The second kappa shape index (κ2) is 6.04. The van der Waals surface area contributed by atoms with E-state index in [1.165, 1.54) is 0 Å². The first kappa shape index (κ1) is 15.5. The molecule has 1 aromatic rings. The zero-order valence-electron chi connectivity index (χ0n) is 11.2. The fraction of sp³-hybridized carbons (Fsp3) is 0.538. The van der Waals surface area contributed by atoms with E-state index in [1.807, 2.05) is 26.8 Å². The molecule has 0 aliphatic carbocycles. The first-order valence-electron chi connectivity index (χ1n) is 5.95. The number of hydrogen-bond acceptors (Lipinski definition) is 2. The summed E-state index contributed by atoms with van der Waals surface area (Å²) in [7, 11) is -3.47. The Morgan fingerprint density at radius 3 is 2.39 bits per heavy atom. The number of sulfonamides is 1. The monoisotopic (exact) mass is 289 g/mol. The molecule has 0 aliphatic heterocycles. The van der Waals surface area contributed by atoms with Gasteiger partial charge in [0.25, 0.3) is 0 Å². The van der Waals surface area contributed by atoms with Gasteiger partial charge in [0, 0.05) is 11.9 Å². The summed E-state index contributed by atoms with van der Waals surface area (Å²) < 4.78 is 26.8. The summed E-state index contributed by atoms with van der Waals surface area (Å²) in [5.74, 6) is 0.230. The second-order valence-corrected chi connectivity index (χ2v) is 7.18. The Kier molecular flexibility index (Phi) is 5.20. The first-order chi connectivity index (χ1) is 8.24. The predicted molar refractivity (Wildman–Crippen MR) is 75.6 cm³/mol. The van der Waals surface area contributed by atoms with Gasteiger partial charge in [-0.1, -0.05) is 31.5 Å². The molecule has 1 N–H and O–H groups in total. The lowest BCUT2D eigenvalue weighted by atomic mass is 10.1. The van der Waals surface area contributed by atoms with Crippen LogP contribution >= 0.6 is 11.6 Å². The molecule has 1 aromatic carbocycles. The average Bonchev–Trinajstić information content (AvgIpc) is 2.25. The van der Waals surface area contributed by atoms with Gasteiger partial charge in [-0.25, -0.2) is 13.1 Å². The molecular formula is C13H20ClNO2S. The Balaban J connectivity index is 2.87. The maximum atomic E-state index is 12.1. The van der Waals surface area contributed by atoms with Crippen LogP contribution in [-0.2, 0) is 10.0 Å². The zero-order valence-corrected chi connectivity index (χ0v) is 12.8. The predicted octanol–water partition coefficient (Wildman–Crippen LogP) is 2.85. The molecule has 0 spiro atoms. The van der Waals surface area contributed by atoms with Crippen molar-refractivity contribution in [1.29, 1.82) is 0 Å². The molecule has 5 heteroatoms. The van der Waals surface area contributed by atoms with Crippen LogP contribution in [0.1, 0.15) is 25.0 Å². The van der Waals surface area contributed by atoms with Crippen LogP contribution in [0.15, 0.2) is 23.1 Å². The van der Waals surface area contributed by atoms with Crippen LogP contribution in [-0.4, -0.2) is 20.3 Å². The van der Waals surface area contributed by atoms with Crippen molar-refractivity contribution < 1.29 is 8.42 Å². The van der Waals surface area contributed by atoms with E-state index >= 15 is 0 Å². The lowest BCUT2D eigenvalue weighted by molar-refractivity contribution is 0.556. The summed E-state index contributed by atoms with van der Waals surface area (Å²) >= 11 is 6.05. The topological polar surface area (TPSA) is 46.2 Å². The Morgan fingerprint density at radius 2 is 1.89 bits per heavy atom. The molecule has 18 heavy (non-hydrogen) atoms. The number of halogens is 1. The van der Waals surface area contributed by atoms with Crippen LogP contribution in [0.4, 0.5) is 0 Å². The minimum atomic E-state index is -3.47. The Morgan fingerprint density at radius 1 is 1.28 bits per heavy atom. The molecular weight excluding hydrogens is 270 g/mol. The largest absolute Gasteiger partial charge is 0.240 e. The molecule has 0 aliphatic rings. The van der Waals surface area contributed by atoms with Gasteiger partial charge in [-0.3, -0.25) is 0 Å². The van der Waals surface area contributed by atoms with Crippen molar-refractivity contribution in [2.24, 2.45) is 5.92 Å². The van der Waals surface area contributed by atoms with Crippen LogP contribution in [0.5, 0.6) is 0 Å². The lowest BCUT2D eigenvalue weighted by Crippen LogP contribution is -2.32. The van der Waals surface area contributed by atoms with E-state index in [-0.39, 0.29) is 17.8 Å². The normalized spacial score (nSPS) is 13.9. The number of hydrogen-bond donors (Lipinski definition) is 1. The van der Waals surface area contributed by atoms with Crippen molar-refractivity contribution in [3.8, 4) is 0 Å². The molecule has 0 bridgehead atoms. The van der Waals surface area contributed by atoms with E-state index < -0.39 is 10.0 Å². The molecule has 0 heterocycles. The highest BCUT2D eigenvalue weighted by atomic mass is 35.5. The van der Waals surface area contributed by atoms with E-state index in [1.54, 1.807) is 19.1 Å². The van der Waals surface area contributed by atoms with E-state index in [0.29, 0.717) is 4.90 Å². The Hall–Kier alpha value is -0.580. The highest BCUT2D eigenvalue weighted by Crippen LogP contribution is 2.17. The zero-order chi connectivity index (χ0) is 13.9.